The van der Waals surface area contributed by atoms with E-state index in [1.165, 1.54) is 22.3 Å². The van der Waals surface area contributed by atoms with E-state index in [-0.39, 0.29) is 6.17 Å². The molecule has 4 aromatic rings. The van der Waals surface area contributed by atoms with Crippen molar-refractivity contribution < 1.29 is 0 Å². The lowest BCUT2D eigenvalue weighted by atomic mass is 10.1. The molecule has 162 valence electrons. The molecule has 0 unspecified atom stereocenters. The zero-order chi connectivity index (χ0) is 22.0. The van der Waals surface area contributed by atoms with Crippen LogP contribution in [0.25, 0.3) is 0 Å². The summed E-state index contributed by atoms with van der Waals surface area (Å²) >= 11 is 0. The standard InChI is InChI=1S/C30H32N2/c1-26(31(22-27-14-6-2-7-15-27)23-28-16-8-3-9-17-28)32(24-29-18-10-4-11-19-29)25-30-20-12-5-13-21-30/h2-21,26H,22-25H2,1H3. The monoisotopic (exact) mass is 420 g/mol. The molecule has 0 saturated heterocycles. The molecular weight excluding hydrogens is 388 g/mol. The molecule has 0 fully saturated rings. The third-order valence-corrected chi connectivity index (χ3v) is 5.97. The number of rotatable bonds is 10. The van der Waals surface area contributed by atoms with Crippen molar-refractivity contribution >= 4 is 0 Å². The van der Waals surface area contributed by atoms with Gasteiger partial charge in [0.2, 0.25) is 0 Å². The van der Waals surface area contributed by atoms with Crippen LogP contribution in [0.3, 0.4) is 0 Å². The first-order valence-corrected chi connectivity index (χ1v) is 11.4. The van der Waals surface area contributed by atoms with Crippen molar-refractivity contribution in [2.45, 2.75) is 39.3 Å². The second kappa shape index (κ2) is 11.4. The Balaban J connectivity index is 1.61. The fourth-order valence-electron chi connectivity index (χ4n) is 4.14. The maximum atomic E-state index is 2.58. The van der Waals surface area contributed by atoms with E-state index in [4.69, 9.17) is 0 Å². The summed E-state index contributed by atoms with van der Waals surface area (Å²) in [6, 6.07) is 43.2. The summed E-state index contributed by atoms with van der Waals surface area (Å²) < 4.78 is 0. The molecule has 0 bridgehead atoms. The van der Waals surface area contributed by atoms with Crippen LogP contribution in [-0.2, 0) is 26.2 Å². The molecular formula is C30H32N2. The second-order valence-corrected chi connectivity index (χ2v) is 8.38. The molecule has 0 saturated carbocycles. The van der Waals surface area contributed by atoms with E-state index >= 15 is 0 Å². The van der Waals surface area contributed by atoms with Gasteiger partial charge >= 0.3 is 0 Å². The third-order valence-electron chi connectivity index (χ3n) is 5.97. The average Bonchev–Trinajstić information content (AvgIpc) is 2.85. The van der Waals surface area contributed by atoms with Crippen molar-refractivity contribution in [3.63, 3.8) is 0 Å². The Morgan fingerprint density at radius 2 is 0.625 bits per heavy atom. The van der Waals surface area contributed by atoms with Gasteiger partial charge in [-0.3, -0.25) is 9.80 Å². The van der Waals surface area contributed by atoms with Crippen LogP contribution in [0.15, 0.2) is 121 Å². The lowest BCUT2D eigenvalue weighted by Gasteiger charge is -2.38. The summed E-state index contributed by atoms with van der Waals surface area (Å²) in [5.41, 5.74) is 5.37. The quantitative estimate of drug-likeness (QED) is 0.262. The van der Waals surface area contributed by atoms with Crippen molar-refractivity contribution in [2.75, 3.05) is 0 Å². The van der Waals surface area contributed by atoms with Gasteiger partial charge in [0.05, 0.1) is 6.17 Å². The van der Waals surface area contributed by atoms with Gasteiger partial charge in [0.15, 0.2) is 0 Å². The minimum atomic E-state index is 0.260. The third kappa shape index (κ3) is 6.40. The fraction of sp³-hybridized carbons (Fsp3) is 0.200. The highest BCUT2D eigenvalue weighted by molar-refractivity contribution is 5.19. The van der Waals surface area contributed by atoms with Crippen LogP contribution in [-0.4, -0.2) is 16.0 Å². The van der Waals surface area contributed by atoms with Gasteiger partial charge in [-0.25, -0.2) is 0 Å². The van der Waals surface area contributed by atoms with Crippen LogP contribution < -0.4 is 0 Å². The smallest absolute Gasteiger partial charge is 0.0605 e. The van der Waals surface area contributed by atoms with Gasteiger partial charge in [-0.1, -0.05) is 121 Å². The second-order valence-electron chi connectivity index (χ2n) is 8.38. The van der Waals surface area contributed by atoms with E-state index < -0.39 is 0 Å². The molecule has 4 aromatic carbocycles. The molecule has 0 aliphatic heterocycles. The van der Waals surface area contributed by atoms with Crippen LogP contribution in [0.2, 0.25) is 0 Å². The molecule has 32 heavy (non-hydrogen) atoms. The summed E-state index contributed by atoms with van der Waals surface area (Å²) in [4.78, 5) is 5.16. The van der Waals surface area contributed by atoms with Gasteiger partial charge in [-0.05, 0) is 29.2 Å². The molecule has 0 aliphatic rings. The Hall–Kier alpha value is -3.20. The lowest BCUT2D eigenvalue weighted by molar-refractivity contribution is 0.0308. The highest BCUT2D eigenvalue weighted by atomic mass is 15.3. The van der Waals surface area contributed by atoms with Crippen LogP contribution in [0.5, 0.6) is 0 Å². The van der Waals surface area contributed by atoms with Gasteiger partial charge in [-0.2, -0.15) is 0 Å². The molecule has 0 amide bonds. The number of hydrogen-bond donors (Lipinski definition) is 0. The maximum absolute atomic E-state index is 2.58. The van der Waals surface area contributed by atoms with Crippen molar-refractivity contribution in [3.05, 3.63) is 144 Å². The predicted molar refractivity (Wildman–Crippen MR) is 134 cm³/mol. The zero-order valence-corrected chi connectivity index (χ0v) is 18.8. The lowest BCUT2D eigenvalue weighted by Crippen LogP contribution is -2.45. The summed E-state index contributed by atoms with van der Waals surface area (Å²) in [7, 11) is 0. The van der Waals surface area contributed by atoms with Crippen molar-refractivity contribution in [2.24, 2.45) is 0 Å². The van der Waals surface area contributed by atoms with E-state index in [0.717, 1.165) is 26.2 Å². The van der Waals surface area contributed by atoms with Gasteiger partial charge in [-0.15, -0.1) is 0 Å². The van der Waals surface area contributed by atoms with E-state index in [2.05, 4.69) is 138 Å². The highest BCUT2D eigenvalue weighted by Crippen LogP contribution is 2.20. The molecule has 0 aliphatic carbocycles. The first-order chi connectivity index (χ1) is 15.8. The van der Waals surface area contributed by atoms with Gasteiger partial charge in [0.25, 0.3) is 0 Å². The van der Waals surface area contributed by atoms with E-state index in [9.17, 15) is 0 Å². The molecule has 0 aromatic heterocycles. The molecule has 0 spiro atoms. The molecule has 2 heteroatoms. The molecule has 0 heterocycles. The van der Waals surface area contributed by atoms with Crippen molar-refractivity contribution in [3.8, 4) is 0 Å². The summed E-state index contributed by atoms with van der Waals surface area (Å²) in [6.07, 6.45) is 0.260. The van der Waals surface area contributed by atoms with Crippen molar-refractivity contribution in [1.82, 2.24) is 9.80 Å². The van der Waals surface area contributed by atoms with E-state index in [1.807, 2.05) is 0 Å². The van der Waals surface area contributed by atoms with E-state index in [1.54, 1.807) is 0 Å². The molecule has 0 radical (unpaired) electrons. The molecule has 0 N–H and O–H groups in total. The molecule has 0 atom stereocenters. The van der Waals surface area contributed by atoms with Crippen LogP contribution in [0, 0.1) is 0 Å². The maximum Gasteiger partial charge on any atom is 0.0605 e. The van der Waals surface area contributed by atoms with Gasteiger partial charge in [0.1, 0.15) is 0 Å². The van der Waals surface area contributed by atoms with Gasteiger partial charge < -0.3 is 0 Å². The SMILES string of the molecule is CC(N(Cc1ccccc1)Cc1ccccc1)N(Cc1ccccc1)Cc1ccccc1. The summed E-state index contributed by atoms with van der Waals surface area (Å²) in [5, 5.41) is 0. The number of benzene rings is 4. The highest BCUT2D eigenvalue weighted by Gasteiger charge is 2.22. The number of hydrogen-bond acceptors (Lipinski definition) is 2. The minimum Gasteiger partial charge on any atom is -0.280 e. The number of nitrogens with zero attached hydrogens (tertiary/aromatic N) is 2. The first-order valence-electron chi connectivity index (χ1n) is 11.4. The molecule has 2 nitrogen and oxygen atoms in total. The summed E-state index contributed by atoms with van der Waals surface area (Å²) in [5.74, 6) is 0. The Labute approximate surface area is 192 Å². The largest absolute Gasteiger partial charge is 0.280 e. The van der Waals surface area contributed by atoms with Crippen LogP contribution in [0.1, 0.15) is 29.2 Å². The topological polar surface area (TPSA) is 6.48 Å². The Morgan fingerprint density at radius 1 is 0.406 bits per heavy atom. The first kappa shape index (κ1) is 22.0. The molecule has 4 rings (SSSR count). The normalized spacial score (nSPS) is 11.4. The van der Waals surface area contributed by atoms with Gasteiger partial charge in [0, 0.05) is 26.2 Å². The summed E-state index contributed by atoms with van der Waals surface area (Å²) in [6.45, 7) is 6.00. The minimum absolute atomic E-state index is 0.260. The van der Waals surface area contributed by atoms with Crippen LogP contribution in [0.4, 0.5) is 0 Å². The Morgan fingerprint density at radius 3 is 0.844 bits per heavy atom. The fourth-order valence-corrected chi connectivity index (χ4v) is 4.14. The van der Waals surface area contributed by atoms with E-state index in [0.29, 0.717) is 0 Å². The zero-order valence-electron chi connectivity index (χ0n) is 18.8. The Bertz CT molecular complexity index is 863. The van der Waals surface area contributed by atoms with Crippen LogP contribution >= 0.6 is 0 Å². The predicted octanol–water partition coefficient (Wildman–Crippen LogP) is 6.74. The average molecular weight is 421 g/mol. The Kier molecular flexibility index (Phi) is 7.86. The van der Waals surface area contributed by atoms with Crippen molar-refractivity contribution in [1.29, 1.82) is 0 Å².